The number of nitrogens with zero attached hydrogens (tertiary/aromatic N) is 1. The molecule has 1 atom stereocenters. The Morgan fingerprint density at radius 1 is 0.970 bits per heavy atom. The first kappa shape index (κ1) is 24.7. The first-order valence-corrected chi connectivity index (χ1v) is 13.4. The van der Waals surface area contributed by atoms with Gasteiger partial charge in [-0.1, -0.05) is 35.9 Å². The van der Waals surface area contributed by atoms with E-state index in [9.17, 15) is 13.2 Å². The number of carbonyl (C=O) groups is 1. The molecular weight excluding hydrogens is 456 g/mol. The lowest BCUT2D eigenvalue weighted by Gasteiger charge is -2.28. The van der Waals surface area contributed by atoms with Crippen LogP contribution >= 0.6 is 11.8 Å². The predicted octanol–water partition coefficient (Wildman–Crippen LogP) is 4.85. The van der Waals surface area contributed by atoms with Gasteiger partial charge in [0.05, 0.1) is 11.9 Å². The Morgan fingerprint density at radius 3 is 2.18 bits per heavy atom. The van der Waals surface area contributed by atoms with Crippen molar-refractivity contribution in [2.24, 2.45) is 0 Å². The summed E-state index contributed by atoms with van der Waals surface area (Å²) in [6.45, 7) is 4.05. The zero-order valence-corrected chi connectivity index (χ0v) is 20.5. The molecule has 33 heavy (non-hydrogen) atoms. The van der Waals surface area contributed by atoms with Crippen LogP contribution in [0.2, 0.25) is 0 Å². The summed E-state index contributed by atoms with van der Waals surface area (Å²) < 4.78 is 31.9. The molecule has 1 amide bonds. The van der Waals surface area contributed by atoms with Crippen LogP contribution in [-0.4, -0.2) is 38.9 Å². The summed E-state index contributed by atoms with van der Waals surface area (Å²) in [5, 5.41) is 2.84. The molecule has 0 radical (unpaired) electrons. The summed E-state index contributed by atoms with van der Waals surface area (Å²) in [7, 11) is -3.69. The molecular formula is C25H28N2O4S2. The Labute approximate surface area is 200 Å². The molecule has 3 rings (SSSR count). The minimum atomic E-state index is -3.69. The molecule has 1 N–H and O–H groups in total. The fourth-order valence-electron chi connectivity index (χ4n) is 3.22. The molecule has 0 aromatic heterocycles. The minimum Gasteiger partial charge on any atom is -0.457 e. The van der Waals surface area contributed by atoms with Crippen molar-refractivity contribution in [2.45, 2.75) is 24.8 Å². The van der Waals surface area contributed by atoms with Crippen molar-refractivity contribution in [3.8, 4) is 11.5 Å². The van der Waals surface area contributed by atoms with E-state index in [1.165, 1.54) is 5.56 Å². The molecule has 8 heteroatoms. The smallest absolute Gasteiger partial charge is 0.243 e. The second-order valence-corrected chi connectivity index (χ2v) is 10.6. The van der Waals surface area contributed by atoms with Gasteiger partial charge in [0, 0.05) is 17.2 Å². The second kappa shape index (κ2) is 11.2. The van der Waals surface area contributed by atoms with Gasteiger partial charge in [-0.3, -0.25) is 9.10 Å². The van der Waals surface area contributed by atoms with Crippen molar-refractivity contribution < 1.29 is 17.9 Å². The standard InChI is InChI=1S/C25H28N2O4S2/c1-19-9-15-24(16-10-19)32-18-17-26-25(28)20(2)27(33(3,29)30)21-11-13-23(14-12-21)31-22-7-5-4-6-8-22/h4-16,20H,17-18H2,1-3H3,(H,26,28). The van der Waals surface area contributed by atoms with Crippen LogP contribution < -0.4 is 14.4 Å². The first-order chi connectivity index (χ1) is 15.7. The lowest BCUT2D eigenvalue weighted by molar-refractivity contribution is -0.121. The van der Waals surface area contributed by atoms with E-state index in [-0.39, 0.29) is 5.91 Å². The van der Waals surface area contributed by atoms with Crippen LogP contribution in [0.5, 0.6) is 11.5 Å². The maximum atomic E-state index is 12.7. The fourth-order valence-corrected chi connectivity index (χ4v) is 5.16. The summed E-state index contributed by atoms with van der Waals surface area (Å²) in [4.78, 5) is 13.8. The Hall–Kier alpha value is -2.97. The third kappa shape index (κ3) is 7.27. The third-order valence-electron chi connectivity index (χ3n) is 4.85. The fraction of sp³-hybridized carbons (Fsp3) is 0.240. The number of sulfonamides is 1. The van der Waals surface area contributed by atoms with Crippen molar-refractivity contribution in [1.82, 2.24) is 5.32 Å². The van der Waals surface area contributed by atoms with Gasteiger partial charge in [0.1, 0.15) is 17.5 Å². The predicted molar refractivity (Wildman–Crippen MR) is 135 cm³/mol. The van der Waals surface area contributed by atoms with E-state index < -0.39 is 16.1 Å². The van der Waals surface area contributed by atoms with Crippen molar-refractivity contribution in [3.05, 3.63) is 84.4 Å². The van der Waals surface area contributed by atoms with Gasteiger partial charge in [0.25, 0.3) is 0 Å². The molecule has 0 bridgehead atoms. The Balaban J connectivity index is 1.61. The van der Waals surface area contributed by atoms with Crippen LogP contribution in [0.3, 0.4) is 0 Å². The van der Waals surface area contributed by atoms with Crippen molar-refractivity contribution in [2.75, 3.05) is 22.9 Å². The van der Waals surface area contributed by atoms with Crippen LogP contribution in [-0.2, 0) is 14.8 Å². The zero-order chi connectivity index (χ0) is 23.8. The van der Waals surface area contributed by atoms with Crippen LogP contribution in [0.1, 0.15) is 12.5 Å². The zero-order valence-electron chi connectivity index (χ0n) is 18.9. The summed E-state index contributed by atoms with van der Waals surface area (Å²) in [6.07, 6.45) is 1.10. The number of hydrogen-bond donors (Lipinski definition) is 1. The molecule has 3 aromatic rings. The van der Waals surface area contributed by atoms with Gasteiger partial charge in [0.2, 0.25) is 15.9 Å². The lowest BCUT2D eigenvalue weighted by atomic mass is 10.2. The van der Waals surface area contributed by atoms with Crippen LogP contribution in [0.4, 0.5) is 5.69 Å². The van der Waals surface area contributed by atoms with Gasteiger partial charge in [-0.25, -0.2) is 8.42 Å². The molecule has 0 heterocycles. The normalized spacial score (nSPS) is 12.1. The summed E-state index contributed by atoms with van der Waals surface area (Å²) in [5.74, 6) is 1.59. The number of para-hydroxylation sites is 1. The molecule has 0 aliphatic heterocycles. The van der Waals surface area contributed by atoms with Crippen molar-refractivity contribution in [3.63, 3.8) is 0 Å². The van der Waals surface area contributed by atoms with Crippen LogP contribution in [0.15, 0.2) is 83.8 Å². The van der Waals surface area contributed by atoms with Gasteiger partial charge in [-0.05, 0) is 62.4 Å². The number of anilines is 1. The molecule has 0 aliphatic carbocycles. The van der Waals surface area contributed by atoms with E-state index in [1.807, 2.05) is 61.5 Å². The number of amides is 1. The van der Waals surface area contributed by atoms with E-state index in [2.05, 4.69) is 5.32 Å². The SMILES string of the molecule is Cc1ccc(SCCNC(=O)C(C)N(c2ccc(Oc3ccccc3)cc2)S(C)(=O)=O)cc1. The van der Waals surface area contributed by atoms with Crippen LogP contribution in [0, 0.1) is 6.92 Å². The number of rotatable bonds is 10. The Morgan fingerprint density at radius 2 is 1.58 bits per heavy atom. The molecule has 0 spiro atoms. The average Bonchev–Trinajstić information content (AvgIpc) is 2.79. The largest absolute Gasteiger partial charge is 0.457 e. The summed E-state index contributed by atoms with van der Waals surface area (Å²) >= 11 is 1.63. The van der Waals surface area contributed by atoms with Crippen molar-refractivity contribution >= 4 is 33.4 Å². The summed E-state index contributed by atoms with van der Waals surface area (Å²) in [5.41, 5.74) is 1.59. The number of benzene rings is 3. The Kier molecular flexibility index (Phi) is 8.41. The number of hydrogen-bond acceptors (Lipinski definition) is 5. The molecule has 0 aliphatic rings. The highest BCUT2D eigenvalue weighted by Crippen LogP contribution is 2.27. The highest BCUT2D eigenvalue weighted by atomic mass is 32.2. The highest BCUT2D eigenvalue weighted by molar-refractivity contribution is 7.99. The van der Waals surface area contributed by atoms with E-state index >= 15 is 0 Å². The third-order valence-corrected chi connectivity index (χ3v) is 7.11. The number of nitrogens with one attached hydrogen (secondary N) is 1. The lowest BCUT2D eigenvalue weighted by Crippen LogP contribution is -2.48. The topological polar surface area (TPSA) is 75.7 Å². The second-order valence-electron chi connectivity index (χ2n) is 7.60. The van der Waals surface area contributed by atoms with Gasteiger partial charge >= 0.3 is 0 Å². The molecule has 0 fully saturated rings. The van der Waals surface area contributed by atoms with E-state index in [1.54, 1.807) is 43.0 Å². The molecule has 0 saturated heterocycles. The Bertz CT molecular complexity index is 1150. The number of thioether (sulfide) groups is 1. The van der Waals surface area contributed by atoms with Crippen LogP contribution in [0.25, 0.3) is 0 Å². The number of carbonyl (C=O) groups excluding carboxylic acids is 1. The first-order valence-electron chi connectivity index (χ1n) is 10.5. The van der Waals surface area contributed by atoms with E-state index in [0.29, 0.717) is 29.5 Å². The maximum absolute atomic E-state index is 12.7. The maximum Gasteiger partial charge on any atom is 0.243 e. The van der Waals surface area contributed by atoms with E-state index in [0.717, 1.165) is 15.5 Å². The van der Waals surface area contributed by atoms with Gasteiger partial charge in [-0.15, -0.1) is 11.8 Å². The molecule has 6 nitrogen and oxygen atoms in total. The van der Waals surface area contributed by atoms with Gasteiger partial charge in [-0.2, -0.15) is 0 Å². The van der Waals surface area contributed by atoms with Gasteiger partial charge < -0.3 is 10.1 Å². The van der Waals surface area contributed by atoms with Gasteiger partial charge in [0.15, 0.2) is 0 Å². The molecule has 174 valence electrons. The average molecular weight is 485 g/mol. The monoisotopic (exact) mass is 484 g/mol. The molecule has 0 saturated carbocycles. The highest BCUT2D eigenvalue weighted by Gasteiger charge is 2.29. The quantitative estimate of drug-likeness (QED) is 0.329. The number of ether oxygens (including phenoxy) is 1. The molecule has 3 aromatic carbocycles. The number of aryl methyl sites for hydroxylation is 1. The van der Waals surface area contributed by atoms with E-state index in [4.69, 9.17) is 4.74 Å². The van der Waals surface area contributed by atoms with Crippen molar-refractivity contribution in [1.29, 1.82) is 0 Å². The minimum absolute atomic E-state index is 0.352. The summed E-state index contributed by atoms with van der Waals surface area (Å²) in [6, 6.07) is 23.2. The molecule has 1 unspecified atom stereocenters.